The van der Waals surface area contributed by atoms with Crippen LogP contribution in [-0.4, -0.2) is 37.8 Å². The van der Waals surface area contributed by atoms with Crippen molar-refractivity contribution >= 4 is 16.0 Å². The molecule has 0 radical (unpaired) electrons. The third kappa shape index (κ3) is 4.11. The quantitative estimate of drug-likeness (QED) is 0.323. The summed E-state index contributed by atoms with van der Waals surface area (Å²) in [6, 6.07) is 0. The first-order chi connectivity index (χ1) is 16.8. The van der Waals surface area contributed by atoms with Gasteiger partial charge in [0.2, 0.25) is 5.91 Å². The first-order valence-corrected chi connectivity index (χ1v) is 14.9. The van der Waals surface area contributed by atoms with E-state index in [1.54, 1.807) is 0 Å². The van der Waals surface area contributed by atoms with Crippen LogP contribution in [0.1, 0.15) is 78.6 Å². The molecule has 5 aliphatic rings. The number of hydrogen-bond acceptors (Lipinski definition) is 4. The number of halogens is 3. The molecule has 2 saturated carbocycles. The molecule has 0 aromatic heterocycles. The topological polar surface area (TPSA) is 63.7 Å². The zero-order valence-electron chi connectivity index (χ0n) is 21.4. The van der Waals surface area contributed by atoms with E-state index in [2.05, 4.69) is 35.9 Å². The number of piperidine rings is 1. The number of carbonyl (C=O) groups excluding carboxylic acids is 1. The monoisotopic (exact) mass is 529 g/mol. The molecule has 5 rings (SSSR count). The molecule has 36 heavy (non-hydrogen) atoms. The van der Waals surface area contributed by atoms with Gasteiger partial charge in [0, 0.05) is 25.4 Å². The van der Waals surface area contributed by atoms with Gasteiger partial charge >= 0.3 is 15.6 Å². The summed E-state index contributed by atoms with van der Waals surface area (Å²) in [6.07, 6.45) is 11.3. The van der Waals surface area contributed by atoms with Gasteiger partial charge in [-0.2, -0.15) is 21.6 Å². The second-order valence-electron chi connectivity index (χ2n) is 12.5. The van der Waals surface area contributed by atoms with Gasteiger partial charge in [-0.1, -0.05) is 26.8 Å². The Hall–Kier alpha value is -1.51. The molecule has 0 aromatic rings. The lowest BCUT2D eigenvalue weighted by Gasteiger charge is -2.57. The van der Waals surface area contributed by atoms with Crippen LogP contribution in [0.3, 0.4) is 0 Å². The van der Waals surface area contributed by atoms with Crippen molar-refractivity contribution in [3.63, 3.8) is 0 Å². The van der Waals surface area contributed by atoms with E-state index in [1.807, 2.05) is 0 Å². The zero-order chi connectivity index (χ0) is 26.1. The second kappa shape index (κ2) is 8.77. The van der Waals surface area contributed by atoms with E-state index in [1.165, 1.54) is 6.08 Å². The molecule has 5 nitrogen and oxygen atoms in total. The van der Waals surface area contributed by atoms with Crippen molar-refractivity contribution in [2.45, 2.75) is 84.1 Å². The largest absolute Gasteiger partial charge is 0.534 e. The normalized spacial score (nSPS) is 39.4. The van der Waals surface area contributed by atoms with Crippen molar-refractivity contribution in [1.29, 1.82) is 0 Å². The maximum Gasteiger partial charge on any atom is 0.534 e. The number of allylic oxidation sites excluding steroid dienone is 4. The lowest BCUT2D eigenvalue weighted by molar-refractivity contribution is -0.143. The first-order valence-electron chi connectivity index (χ1n) is 13.5. The Bertz CT molecular complexity index is 1080. The molecule has 0 N–H and O–H groups in total. The minimum Gasteiger partial charge on any atom is -0.381 e. The van der Waals surface area contributed by atoms with Gasteiger partial charge in [0.05, 0.1) is 0 Å². The van der Waals surface area contributed by atoms with E-state index >= 15 is 0 Å². The summed E-state index contributed by atoms with van der Waals surface area (Å²) in [7, 11) is -5.66. The highest BCUT2D eigenvalue weighted by Gasteiger charge is 2.60. The minimum absolute atomic E-state index is 0.0113. The molecule has 6 atom stereocenters. The third-order valence-electron chi connectivity index (χ3n) is 10.6. The third-order valence-corrected chi connectivity index (χ3v) is 11.6. The average Bonchev–Trinajstić information content (AvgIpc) is 3.15. The van der Waals surface area contributed by atoms with E-state index in [-0.39, 0.29) is 28.9 Å². The van der Waals surface area contributed by atoms with Gasteiger partial charge in [0.25, 0.3) is 0 Å². The predicted octanol–water partition coefficient (Wildman–Crippen LogP) is 6.18. The summed E-state index contributed by atoms with van der Waals surface area (Å²) < 4.78 is 66.0. The fourth-order valence-corrected chi connectivity index (χ4v) is 8.92. The zero-order valence-corrected chi connectivity index (χ0v) is 22.3. The van der Waals surface area contributed by atoms with Gasteiger partial charge in [0.15, 0.2) is 0 Å². The van der Waals surface area contributed by atoms with Gasteiger partial charge in [0.1, 0.15) is 5.76 Å². The van der Waals surface area contributed by atoms with Crippen LogP contribution in [0.15, 0.2) is 23.5 Å². The number of nitrogens with zero attached hydrogens (tertiary/aromatic N) is 1. The number of carbonyl (C=O) groups is 1. The highest BCUT2D eigenvalue weighted by atomic mass is 32.2. The van der Waals surface area contributed by atoms with Crippen molar-refractivity contribution in [2.24, 2.45) is 40.4 Å². The van der Waals surface area contributed by atoms with E-state index in [0.717, 1.165) is 63.6 Å². The van der Waals surface area contributed by atoms with Gasteiger partial charge in [-0.3, -0.25) is 4.79 Å². The van der Waals surface area contributed by atoms with E-state index < -0.39 is 15.6 Å². The Morgan fingerprint density at radius 1 is 1.06 bits per heavy atom. The van der Waals surface area contributed by atoms with Crippen LogP contribution in [0.25, 0.3) is 0 Å². The van der Waals surface area contributed by atoms with Gasteiger partial charge in [-0.05, 0) is 97.5 Å². The number of amides is 1. The number of hydrogen-bond donors (Lipinski definition) is 0. The average molecular weight is 530 g/mol. The Balaban J connectivity index is 1.35. The van der Waals surface area contributed by atoms with E-state index in [4.69, 9.17) is 0 Å². The molecular weight excluding hydrogens is 491 g/mol. The fraction of sp³-hybridized carbons (Fsp3) is 0.815. The summed E-state index contributed by atoms with van der Waals surface area (Å²) in [5.74, 6) is 2.24. The molecule has 4 aliphatic carbocycles. The SMILES string of the molecule is CC1CCN(C(=O)C2CC[C@H]3[C@@H]4CC=C5C=C(OS(=O)(=O)C(F)(F)F)CC[C@]5(C)[C@H]4CC[C@]23C)CC1. The second-order valence-corrected chi connectivity index (χ2v) is 14.0. The predicted molar refractivity (Wildman–Crippen MR) is 130 cm³/mol. The molecule has 1 aliphatic heterocycles. The summed E-state index contributed by atoms with van der Waals surface area (Å²) in [6.45, 7) is 8.50. The molecule has 1 heterocycles. The molecule has 9 heteroatoms. The summed E-state index contributed by atoms with van der Waals surface area (Å²) >= 11 is 0. The molecule has 1 unspecified atom stereocenters. The van der Waals surface area contributed by atoms with Crippen LogP contribution in [-0.2, 0) is 19.1 Å². The lowest BCUT2D eigenvalue weighted by atomic mass is 9.48. The molecule has 3 fully saturated rings. The minimum atomic E-state index is -5.66. The molecule has 1 saturated heterocycles. The fourth-order valence-electron chi connectivity index (χ4n) is 8.41. The molecule has 0 bridgehead atoms. The van der Waals surface area contributed by atoms with Crippen molar-refractivity contribution < 1.29 is 30.6 Å². The highest BCUT2D eigenvalue weighted by molar-refractivity contribution is 7.87. The van der Waals surface area contributed by atoms with Crippen LogP contribution in [0.4, 0.5) is 13.2 Å². The molecule has 1 amide bonds. The summed E-state index contributed by atoms with van der Waals surface area (Å²) in [5, 5.41) is 0. The van der Waals surface area contributed by atoms with Crippen molar-refractivity contribution in [1.82, 2.24) is 4.90 Å². The van der Waals surface area contributed by atoms with Crippen LogP contribution < -0.4 is 0 Å². The Morgan fingerprint density at radius 2 is 1.75 bits per heavy atom. The summed E-state index contributed by atoms with van der Waals surface area (Å²) in [5.41, 5.74) is -4.76. The smallest absolute Gasteiger partial charge is 0.381 e. The number of alkyl halides is 3. The van der Waals surface area contributed by atoms with Crippen LogP contribution in [0, 0.1) is 40.4 Å². The molecular formula is C27H38F3NO4S. The maximum atomic E-state index is 13.6. The Labute approximate surface area is 212 Å². The van der Waals surface area contributed by atoms with Crippen LogP contribution in [0.2, 0.25) is 0 Å². The maximum absolute atomic E-state index is 13.6. The first kappa shape index (κ1) is 26.1. The highest BCUT2D eigenvalue weighted by Crippen LogP contribution is 2.66. The van der Waals surface area contributed by atoms with Crippen molar-refractivity contribution in [2.75, 3.05) is 13.1 Å². The number of rotatable bonds is 3. The lowest BCUT2D eigenvalue weighted by Crippen LogP contribution is -2.52. The van der Waals surface area contributed by atoms with Crippen LogP contribution >= 0.6 is 0 Å². The van der Waals surface area contributed by atoms with Gasteiger partial charge in [-0.25, -0.2) is 0 Å². The standard InChI is InChI=1S/C27H38F3NO4S/c1-17-10-14-31(15-11-17)24(32)23-7-6-21-20-5-4-18-16-19(35-36(33,34)27(28,29)30)8-12-25(18,2)22(20)9-13-26(21,23)3/h4,16-17,20-23H,5-15H2,1-3H3/t20-,21-,22-,23?,25-,26-/m0/s1. The summed E-state index contributed by atoms with van der Waals surface area (Å²) in [4.78, 5) is 15.7. The molecule has 202 valence electrons. The van der Waals surface area contributed by atoms with E-state index in [9.17, 15) is 26.4 Å². The van der Waals surface area contributed by atoms with Crippen molar-refractivity contribution in [3.8, 4) is 0 Å². The number of fused-ring (bicyclic) bond motifs is 5. The van der Waals surface area contributed by atoms with Gasteiger partial charge < -0.3 is 9.08 Å². The van der Waals surface area contributed by atoms with E-state index in [0.29, 0.717) is 36.0 Å². The van der Waals surface area contributed by atoms with Crippen molar-refractivity contribution in [3.05, 3.63) is 23.5 Å². The molecule has 0 aromatic carbocycles. The van der Waals surface area contributed by atoms with Gasteiger partial charge in [-0.15, -0.1) is 0 Å². The number of likely N-dealkylation sites (tertiary alicyclic amines) is 1. The molecule has 0 spiro atoms. The van der Waals surface area contributed by atoms with Crippen LogP contribution in [0.5, 0.6) is 0 Å². The Kier molecular flexibility index (Phi) is 6.36. The Morgan fingerprint density at radius 3 is 2.42 bits per heavy atom.